The van der Waals surface area contributed by atoms with Crippen LogP contribution in [0.2, 0.25) is 0 Å². The Bertz CT molecular complexity index is 1060. The molecule has 2 fully saturated rings. The molecular weight excluding hydrogens is 394 g/mol. The highest BCUT2D eigenvalue weighted by molar-refractivity contribution is 5.84. The number of piperidine rings is 1. The molecule has 2 aliphatic carbocycles. The van der Waals surface area contributed by atoms with Gasteiger partial charge in [0.2, 0.25) is 0 Å². The number of carbonyl (C=O) groups is 1. The van der Waals surface area contributed by atoms with Crippen molar-refractivity contribution in [3.8, 4) is 5.75 Å². The summed E-state index contributed by atoms with van der Waals surface area (Å²) in [5, 5.41) is 11.8. The first kappa shape index (κ1) is 20.6. The molecule has 2 heterocycles. The fraction of sp³-hybridized carbons (Fsp3) is 0.600. The van der Waals surface area contributed by atoms with Crippen LogP contribution >= 0.6 is 0 Å². The number of likely N-dealkylation sites (tertiary alicyclic amines) is 1. The molecule has 1 aromatic heterocycles. The number of benzene rings is 1. The fourth-order valence-corrected chi connectivity index (χ4v) is 5.78. The standard InChI is InChI=1S/C25H31NO5/c1-16(23(27)26-13-12-25(29)11-5-4-6-17(25)15-26)30-18-9-10-20-19-7-2-3-8-21(19)24(28)31-22(20)14-18/h9-10,14,16-17,29H,2-8,11-13,15H2,1H3/t16-,17-,25-/m0/s1. The zero-order valence-electron chi connectivity index (χ0n) is 18.2. The molecule has 1 saturated carbocycles. The number of rotatable bonds is 3. The van der Waals surface area contributed by atoms with Crippen molar-refractivity contribution in [2.24, 2.45) is 5.92 Å². The highest BCUT2D eigenvalue weighted by Gasteiger charge is 2.44. The van der Waals surface area contributed by atoms with E-state index in [1.165, 1.54) is 0 Å². The average molecular weight is 426 g/mol. The quantitative estimate of drug-likeness (QED) is 0.760. The van der Waals surface area contributed by atoms with E-state index in [0.717, 1.165) is 67.9 Å². The zero-order chi connectivity index (χ0) is 21.6. The first-order chi connectivity index (χ1) is 14.9. The van der Waals surface area contributed by atoms with Gasteiger partial charge in [-0.05, 0) is 69.6 Å². The minimum absolute atomic E-state index is 0.0559. The summed E-state index contributed by atoms with van der Waals surface area (Å²) in [6, 6.07) is 5.53. The number of amides is 1. The number of nitrogens with zero attached hydrogens (tertiary/aromatic N) is 1. The summed E-state index contributed by atoms with van der Waals surface area (Å²) in [6.07, 6.45) is 7.80. The SMILES string of the molecule is C[C@H](Oc1ccc2c3c(c(=O)oc2c1)CCCC3)C(=O)N1CC[C@@]2(O)CCCC[C@H]2C1. The highest BCUT2D eigenvalue weighted by Crippen LogP contribution is 2.40. The van der Waals surface area contributed by atoms with E-state index in [0.29, 0.717) is 30.8 Å². The van der Waals surface area contributed by atoms with Crippen molar-refractivity contribution in [2.75, 3.05) is 13.1 Å². The molecule has 6 heteroatoms. The molecule has 5 rings (SSSR count). The van der Waals surface area contributed by atoms with Crippen molar-refractivity contribution in [3.63, 3.8) is 0 Å². The molecule has 1 saturated heterocycles. The minimum atomic E-state index is -0.642. The van der Waals surface area contributed by atoms with Gasteiger partial charge in [0.25, 0.3) is 5.91 Å². The third kappa shape index (κ3) is 3.75. The molecular formula is C25H31NO5. The van der Waals surface area contributed by atoms with Gasteiger partial charge >= 0.3 is 5.63 Å². The summed E-state index contributed by atoms with van der Waals surface area (Å²) in [7, 11) is 0. The highest BCUT2D eigenvalue weighted by atomic mass is 16.5. The second-order valence-electron chi connectivity index (χ2n) is 9.55. The number of hydrogen-bond donors (Lipinski definition) is 1. The lowest BCUT2D eigenvalue weighted by atomic mass is 9.71. The largest absolute Gasteiger partial charge is 0.481 e. The molecule has 166 valence electrons. The Balaban J connectivity index is 1.31. The lowest BCUT2D eigenvalue weighted by Gasteiger charge is -2.47. The Morgan fingerprint density at radius 1 is 1.19 bits per heavy atom. The lowest BCUT2D eigenvalue weighted by Crippen LogP contribution is -2.56. The van der Waals surface area contributed by atoms with Crippen LogP contribution in [0.4, 0.5) is 0 Å². The first-order valence-electron chi connectivity index (χ1n) is 11.7. The molecule has 1 N–H and O–H groups in total. The van der Waals surface area contributed by atoms with Crippen LogP contribution in [0.1, 0.15) is 63.0 Å². The summed E-state index contributed by atoms with van der Waals surface area (Å²) < 4.78 is 11.5. The average Bonchev–Trinajstić information content (AvgIpc) is 2.78. The molecule has 2 aromatic rings. The van der Waals surface area contributed by atoms with Crippen LogP contribution in [0, 0.1) is 5.92 Å². The molecule has 0 unspecified atom stereocenters. The van der Waals surface area contributed by atoms with E-state index >= 15 is 0 Å². The molecule has 6 nitrogen and oxygen atoms in total. The van der Waals surface area contributed by atoms with E-state index in [4.69, 9.17) is 9.15 Å². The van der Waals surface area contributed by atoms with E-state index < -0.39 is 11.7 Å². The van der Waals surface area contributed by atoms with E-state index in [2.05, 4.69) is 0 Å². The first-order valence-corrected chi connectivity index (χ1v) is 11.7. The zero-order valence-corrected chi connectivity index (χ0v) is 18.2. The van der Waals surface area contributed by atoms with Crippen LogP contribution in [0.15, 0.2) is 27.4 Å². The second-order valence-corrected chi connectivity index (χ2v) is 9.55. The van der Waals surface area contributed by atoms with Gasteiger partial charge in [-0.15, -0.1) is 0 Å². The van der Waals surface area contributed by atoms with E-state index in [1.54, 1.807) is 13.0 Å². The predicted octanol–water partition coefficient (Wildman–Crippen LogP) is 3.59. The summed E-state index contributed by atoms with van der Waals surface area (Å²) in [5.41, 5.74) is 1.57. The predicted molar refractivity (Wildman–Crippen MR) is 117 cm³/mol. The summed E-state index contributed by atoms with van der Waals surface area (Å²) in [4.78, 5) is 27.3. The van der Waals surface area contributed by atoms with Crippen LogP contribution in [0.25, 0.3) is 11.0 Å². The van der Waals surface area contributed by atoms with Crippen LogP contribution in [-0.4, -0.2) is 40.7 Å². The van der Waals surface area contributed by atoms with Gasteiger partial charge < -0.3 is 19.2 Å². The van der Waals surface area contributed by atoms with Crippen molar-refractivity contribution < 1.29 is 19.1 Å². The van der Waals surface area contributed by atoms with E-state index in [-0.39, 0.29) is 17.5 Å². The normalized spacial score (nSPS) is 26.8. The molecule has 0 spiro atoms. The molecule has 1 aromatic carbocycles. The summed E-state index contributed by atoms with van der Waals surface area (Å²) in [6.45, 7) is 2.93. The van der Waals surface area contributed by atoms with Crippen molar-refractivity contribution in [1.29, 1.82) is 0 Å². The number of ether oxygens (including phenoxy) is 1. The van der Waals surface area contributed by atoms with Gasteiger partial charge in [0.05, 0.1) is 5.60 Å². The molecule has 3 atom stereocenters. The van der Waals surface area contributed by atoms with Crippen molar-refractivity contribution in [2.45, 2.75) is 76.4 Å². The Kier molecular flexibility index (Phi) is 5.29. The van der Waals surface area contributed by atoms with E-state index in [9.17, 15) is 14.7 Å². The van der Waals surface area contributed by atoms with Crippen molar-refractivity contribution in [3.05, 3.63) is 39.7 Å². The number of aliphatic hydroxyl groups is 1. The molecule has 0 radical (unpaired) electrons. The molecule has 1 aliphatic heterocycles. The Morgan fingerprint density at radius 3 is 2.84 bits per heavy atom. The Hall–Kier alpha value is -2.34. The number of aryl methyl sites for hydroxylation is 1. The minimum Gasteiger partial charge on any atom is -0.481 e. The Morgan fingerprint density at radius 2 is 2.00 bits per heavy atom. The maximum absolute atomic E-state index is 13.0. The lowest BCUT2D eigenvalue weighted by molar-refractivity contribution is -0.149. The number of carbonyl (C=O) groups excluding carboxylic acids is 1. The Labute approximate surface area is 182 Å². The van der Waals surface area contributed by atoms with Gasteiger partial charge in [0.15, 0.2) is 6.10 Å². The maximum Gasteiger partial charge on any atom is 0.339 e. The molecule has 3 aliphatic rings. The van der Waals surface area contributed by atoms with E-state index in [1.807, 2.05) is 17.0 Å². The fourth-order valence-electron chi connectivity index (χ4n) is 5.78. The van der Waals surface area contributed by atoms with Crippen LogP contribution in [0.3, 0.4) is 0 Å². The van der Waals surface area contributed by atoms with Crippen molar-refractivity contribution in [1.82, 2.24) is 4.90 Å². The second kappa shape index (κ2) is 7.97. The van der Waals surface area contributed by atoms with Gasteiger partial charge in [0, 0.05) is 36.0 Å². The van der Waals surface area contributed by atoms with Gasteiger partial charge in [-0.2, -0.15) is 0 Å². The smallest absolute Gasteiger partial charge is 0.339 e. The maximum atomic E-state index is 13.0. The van der Waals surface area contributed by atoms with Crippen LogP contribution in [0.5, 0.6) is 5.75 Å². The van der Waals surface area contributed by atoms with Crippen molar-refractivity contribution >= 4 is 16.9 Å². The van der Waals surface area contributed by atoms with Gasteiger partial charge in [-0.3, -0.25) is 4.79 Å². The van der Waals surface area contributed by atoms with Gasteiger partial charge in [-0.1, -0.05) is 12.8 Å². The topological polar surface area (TPSA) is 80.0 Å². The summed E-state index contributed by atoms with van der Waals surface area (Å²) in [5.74, 6) is 0.630. The molecule has 0 bridgehead atoms. The van der Waals surface area contributed by atoms with Gasteiger partial charge in [0.1, 0.15) is 11.3 Å². The number of hydrogen-bond acceptors (Lipinski definition) is 5. The monoisotopic (exact) mass is 425 g/mol. The molecule has 1 amide bonds. The third-order valence-electron chi connectivity index (χ3n) is 7.59. The summed E-state index contributed by atoms with van der Waals surface area (Å²) >= 11 is 0. The molecule has 31 heavy (non-hydrogen) atoms. The van der Waals surface area contributed by atoms with Crippen LogP contribution in [-0.2, 0) is 17.6 Å². The van der Waals surface area contributed by atoms with Gasteiger partial charge in [-0.25, -0.2) is 4.79 Å². The van der Waals surface area contributed by atoms with Crippen LogP contribution < -0.4 is 10.4 Å². The third-order valence-corrected chi connectivity index (χ3v) is 7.59. The number of fused-ring (bicyclic) bond motifs is 4.